The van der Waals surface area contributed by atoms with Crippen LogP contribution in [0.5, 0.6) is 5.75 Å². The molecule has 2 aromatic rings. The molecule has 180 valence electrons. The zero-order valence-corrected chi connectivity index (χ0v) is 19.1. The molecule has 1 unspecified atom stereocenters. The van der Waals surface area contributed by atoms with E-state index in [-0.39, 0.29) is 19.1 Å². The van der Waals surface area contributed by atoms with Gasteiger partial charge in [-0.1, -0.05) is 31.2 Å². The molecule has 2 aromatic carbocycles. The number of carbonyl (C=O) groups is 2. The number of benzene rings is 2. The topological polar surface area (TPSA) is 76.7 Å². The van der Waals surface area contributed by atoms with Crippen LogP contribution in [0.25, 0.3) is 0 Å². The normalized spacial score (nSPS) is 12.6. The van der Waals surface area contributed by atoms with Gasteiger partial charge in [0.1, 0.15) is 24.0 Å². The van der Waals surface area contributed by atoms with Gasteiger partial charge < -0.3 is 20.1 Å². The fraction of sp³-hybridized carbons (Fsp3) is 0.417. The second kappa shape index (κ2) is 11.1. The lowest BCUT2D eigenvalue weighted by Crippen LogP contribution is -2.47. The second-order valence-corrected chi connectivity index (χ2v) is 8.46. The van der Waals surface area contributed by atoms with Gasteiger partial charge >= 0.3 is 12.3 Å². The van der Waals surface area contributed by atoms with Crippen LogP contribution in [0.1, 0.15) is 50.8 Å². The van der Waals surface area contributed by atoms with Gasteiger partial charge in [0.25, 0.3) is 0 Å². The van der Waals surface area contributed by atoms with Crippen molar-refractivity contribution in [3.8, 4) is 5.75 Å². The average Bonchev–Trinajstić information content (AvgIpc) is 2.73. The molecule has 6 nitrogen and oxygen atoms in total. The number of hydrogen-bond donors (Lipinski definition) is 2. The van der Waals surface area contributed by atoms with E-state index < -0.39 is 29.5 Å². The Labute approximate surface area is 191 Å². The van der Waals surface area contributed by atoms with Gasteiger partial charge in [-0.3, -0.25) is 4.79 Å². The summed E-state index contributed by atoms with van der Waals surface area (Å²) in [7, 11) is 0. The van der Waals surface area contributed by atoms with Crippen LogP contribution in [0.4, 0.5) is 18.0 Å². The summed E-state index contributed by atoms with van der Waals surface area (Å²) < 4.78 is 49.2. The molecule has 2 N–H and O–H groups in total. The van der Waals surface area contributed by atoms with Gasteiger partial charge in [0, 0.05) is 6.54 Å². The minimum Gasteiger partial charge on any atom is -0.489 e. The van der Waals surface area contributed by atoms with Crippen molar-refractivity contribution in [3.63, 3.8) is 0 Å². The van der Waals surface area contributed by atoms with Gasteiger partial charge in [0.2, 0.25) is 5.91 Å². The first kappa shape index (κ1) is 26.0. The van der Waals surface area contributed by atoms with Gasteiger partial charge in [-0.05, 0) is 62.6 Å². The zero-order chi connectivity index (χ0) is 24.6. The van der Waals surface area contributed by atoms with Crippen LogP contribution >= 0.6 is 0 Å². The number of hydrogen-bond acceptors (Lipinski definition) is 4. The predicted octanol–water partition coefficient (Wildman–Crippen LogP) is 5.20. The summed E-state index contributed by atoms with van der Waals surface area (Å²) in [5, 5.41) is 5.31. The first-order valence-electron chi connectivity index (χ1n) is 10.5. The predicted molar refractivity (Wildman–Crippen MR) is 118 cm³/mol. The van der Waals surface area contributed by atoms with Crippen molar-refractivity contribution in [1.82, 2.24) is 10.6 Å². The second-order valence-electron chi connectivity index (χ2n) is 8.46. The van der Waals surface area contributed by atoms with E-state index in [9.17, 15) is 22.8 Å². The van der Waals surface area contributed by atoms with Crippen molar-refractivity contribution >= 4 is 12.0 Å². The molecule has 0 heterocycles. The number of nitrogens with one attached hydrogen (secondary N) is 2. The Hall–Kier alpha value is -3.23. The summed E-state index contributed by atoms with van der Waals surface area (Å²) in [5.41, 5.74) is -0.184. The van der Waals surface area contributed by atoms with Crippen LogP contribution in [-0.4, -0.2) is 23.6 Å². The minimum absolute atomic E-state index is 0.00544. The molecule has 0 aliphatic rings. The SMILES string of the molecule is CCC(NC(=O)OC(C)(C)C)C(=O)NCc1ccc(OCc2cccc(C(F)(F)F)c2)cc1. The number of amides is 2. The van der Waals surface area contributed by atoms with Gasteiger partial charge in [-0.25, -0.2) is 4.79 Å². The minimum atomic E-state index is -4.40. The monoisotopic (exact) mass is 466 g/mol. The van der Waals surface area contributed by atoms with E-state index in [4.69, 9.17) is 9.47 Å². The van der Waals surface area contributed by atoms with Crippen molar-refractivity contribution < 1.29 is 32.2 Å². The molecule has 0 aliphatic carbocycles. The fourth-order valence-electron chi connectivity index (χ4n) is 2.82. The molecule has 9 heteroatoms. The molecule has 0 saturated carbocycles. The number of halogens is 3. The van der Waals surface area contributed by atoms with E-state index in [1.165, 1.54) is 6.07 Å². The van der Waals surface area contributed by atoms with Gasteiger partial charge in [0.15, 0.2) is 0 Å². The largest absolute Gasteiger partial charge is 0.489 e. The summed E-state index contributed by atoms with van der Waals surface area (Å²) >= 11 is 0. The first-order chi connectivity index (χ1) is 15.4. The molecule has 0 fully saturated rings. The van der Waals surface area contributed by atoms with Crippen LogP contribution in [0.15, 0.2) is 48.5 Å². The Morgan fingerprint density at radius 2 is 1.67 bits per heavy atom. The lowest BCUT2D eigenvalue weighted by atomic mass is 10.1. The third kappa shape index (κ3) is 9.03. The Balaban J connectivity index is 1.85. The third-order valence-electron chi connectivity index (χ3n) is 4.47. The van der Waals surface area contributed by atoms with E-state index in [1.54, 1.807) is 58.0 Å². The molecule has 1 atom stereocenters. The van der Waals surface area contributed by atoms with Crippen molar-refractivity contribution in [2.24, 2.45) is 0 Å². The van der Waals surface area contributed by atoms with Crippen molar-refractivity contribution in [2.45, 2.75) is 65.1 Å². The van der Waals surface area contributed by atoms with E-state index in [0.29, 0.717) is 17.7 Å². The quantitative estimate of drug-likeness (QED) is 0.560. The number of carbonyl (C=O) groups excluding carboxylic acids is 2. The summed E-state index contributed by atoms with van der Waals surface area (Å²) in [6, 6.07) is 11.1. The molecule has 2 amide bonds. The molecule has 0 aliphatic heterocycles. The maximum atomic E-state index is 12.8. The molecule has 2 rings (SSSR count). The molecular weight excluding hydrogens is 437 g/mol. The Kier molecular flexibility index (Phi) is 8.73. The summed E-state index contributed by atoms with van der Waals surface area (Å²) in [6.07, 6.45) is -4.67. The summed E-state index contributed by atoms with van der Waals surface area (Å²) in [5.74, 6) is 0.147. The van der Waals surface area contributed by atoms with Gasteiger partial charge in [-0.15, -0.1) is 0 Å². The molecule has 0 bridgehead atoms. The first-order valence-corrected chi connectivity index (χ1v) is 10.5. The number of ether oxygens (including phenoxy) is 2. The number of alkyl halides is 3. The van der Waals surface area contributed by atoms with Crippen molar-refractivity contribution in [2.75, 3.05) is 0 Å². The van der Waals surface area contributed by atoms with Crippen LogP contribution in [0.3, 0.4) is 0 Å². The highest BCUT2D eigenvalue weighted by Gasteiger charge is 2.30. The van der Waals surface area contributed by atoms with Crippen LogP contribution in [0.2, 0.25) is 0 Å². The number of alkyl carbamates (subject to hydrolysis) is 1. The lowest BCUT2D eigenvalue weighted by Gasteiger charge is -2.22. The molecular formula is C24H29F3N2O4. The highest BCUT2D eigenvalue weighted by Crippen LogP contribution is 2.29. The standard InChI is InChI=1S/C24H29F3N2O4/c1-5-20(29-22(31)33-23(2,3)4)21(30)28-14-16-9-11-19(12-10-16)32-15-17-7-6-8-18(13-17)24(25,26)27/h6-13,20H,5,14-15H2,1-4H3,(H,28,30)(H,29,31). The smallest absolute Gasteiger partial charge is 0.416 e. The van der Waals surface area contributed by atoms with Crippen LogP contribution < -0.4 is 15.4 Å². The highest BCUT2D eigenvalue weighted by atomic mass is 19.4. The molecule has 0 radical (unpaired) electrons. The van der Waals surface area contributed by atoms with Crippen LogP contribution in [-0.2, 0) is 28.9 Å². The Morgan fingerprint density at radius 3 is 2.24 bits per heavy atom. The number of rotatable bonds is 8. The average molecular weight is 467 g/mol. The van der Waals surface area contributed by atoms with Gasteiger partial charge in [0.05, 0.1) is 5.56 Å². The highest BCUT2D eigenvalue weighted by molar-refractivity contribution is 5.85. The molecule has 0 aromatic heterocycles. The Bertz CT molecular complexity index is 938. The maximum Gasteiger partial charge on any atom is 0.416 e. The Morgan fingerprint density at radius 1 is 1.00 bits per heavy atom. The van der Waals surface area contributed by atoms with E-state index in [2.05, 4.69) is 10.6 Å². The molecule has 33 heavy (non-hydrogen) atoms. The third-order valence-corrected chi connectivity index (χ3v) is 4.47. The van der Waals surface area contributed by atoms with Crippen LogP contribution in [0, 0.1) is 0 Å². The molecule has 0 spiro atoms. The molecule has 0 saturated heterocycles. The van der Waals surface area contributed by atoms with E-state index in [1.807, 2.05) is 0 Å². The maximum absolute atomic E-state index is 12.8. The fourth-order valence-corrected chi connectivity index (χ4v) is 2.82. The van der Waals surface area contributed by atoms with E-state index >= 15 is 0 Å². The van der Waals surface area contributed by atoms with Gasteiger partial charge in [-0.2, -0.15) is 13.2 Å². The summed E-state index contributed by atoms with van der Waals surface area (Å²) in [4.78, 5) is 24.3. The zero-order valence-electron chi connectivity index (χ0n) is 19.1. The van der Waals surface area contributed by atoms with Crippen molar-refractivity contribution in [1.29, 1.82) is 0 Å². The van der Waals surface area contributed by atoms with E-state index in [0.717, 1.165) is 17.7 Å². The summed E-state index contributed by atoms with van der Waals surface area (Å²) in [6.45, 7) is 7.22. The lowest BCUT2D eigenvalue weighted by molar-refractivity contribution is -0.137. The van der Waals surface area contributed by atoms with Crippen molar-refractivity contribution in [3.05, 3.63) is 65.2 Å².